The average Bonchev–Trinajstić information content (AvgIpc) is 4.02. The van der Waals surface area contributed by atoms with Gasteiger partial charge in [-0.25, -0.2) is 0 Å². The number of hydrogen-bond donors (Lipinski definition) is 0. The van der Waals surface area contributed by atoms with E-state index in [2.05, 4.69) is 239 Å². The van der Waals surface area contributed by atoms with Gasteiger partial charge in [0.2, 0.25) is 0 Å². The minimum absolute atomic E-state index is 0.0621. The topological polar surface area (TPSA) is 11.4 Å². The van der Waals surface area contributed by atoms with Crippen LogP contribution in [0, 0.1) is 0 Å². The first-order chi connectivity index (χ1) is 30.7. The molecule has 0 amide bonds. The first-order valence-corrected chi connectivity index (χ1v) is 21.9. The molecule has 0 unspecified atom stereocenters. The van der Waals surface area contributed by atoms with E-state index in [-0.39, 0.29) is 5.41 Å². The molecule has 2 aliphatic carbocycles. The summed E-state index contributed by atoms with van der Waals surface area (Å²) in [6.07, 6.45) is 4.39. The number of aromatic nitrogens is 1. The van der Waals surface area contributed by atoms with E-state index in [4.69, 9.17) is 0 Å². The highest BCUT2D eigenvalue weighted by Crippen LogP contribution is 2.55. The summed E-state index contributed by atoms with van der Waals surface area (Å²) in [7, 11) is 0. The van der Waals surface area contributed by atoms with Crippen LogP contribution < -0.4 is 9.80 Å². The molecular formula is C59H45N3. The van der Waals surface area contributed by atoms with Gasteiger partial charge in [0.05, 0.1) is 16.7 Å². The maximum Gasteiger partial charge on any atom is 0.0548 e. The Hall–Kier alpha value is -7.62. The van der Waals surface area contributed by atoms with Crippen molar-refractivity contribution >= 4 is 55.9 Å². The van der Waals surface area contributed by atoms with E-state index in [9.17, 15) is 0 Å². The molecule has 0 fully saturated rings. The number of hydrogen-bond acceptors (Lipinski definition) is 2. The fourth-order valence-corrected chi connectivity index (χ4v) is 10.8. The van der Waals surface area contributed by atoms with E-state index in [1.165, 1.54) is 66.6 Å². The van der Waals surface area contributed by atoms with Gasteiger partial charge in [-0.2, -0.15) is 0 Å². The number of anilines is 6. The van der Waals surface area contributed by atoms with E-state index in [1.54, 1.807) is 0 Å². The Bertz CT molecular complexity index is 3190. The predicted molar refractivity (Wildman–Crippen MR) is 259 cm³/mol. The van der Waals surface area contributed by atoms with Crippen LogP contribution in [0.3, 0.4) is 0 Å². The Morgan fingerprint density at radius 3 is 1.45 bits per heavy atom. The summed E-state index contributed by atoms with van der Waals surface area (Å²) in [5.74, 6) is 0. The minimum Gasteiger partial charge on any atom is -0.310 e. The quantitative estimate of drug-likeness (QED) is 0.152. The number of nitrogens with zero attached hydrogens (tertiary/aromatic N) is 3. The number of rotatable bonds is 8. The number of benzene rings is 9. The number of aryl methyl sites for hydroxylation is 2. The third-order valence-electron chi connectivity index (χ3n) is 13.6. The molecular weight excluding hydrogens is 751 g/mol. The fraction of sp³-hybridized carbons (Fsp3) is 0.0847. The molecule has 2 aliphatic rings. The van der Waals surface area contributed by atoms with E-state index >= 15 is 0 Å². The van der Waals surface area contributed by atoms with Gasteiger partial charge in [-0.3, -0.25) is 0 Å². The van der Waals surface area contributed by atoms with Crippen molar-refractivity contribution in [3.8, 4) is 16.8 Å². The Morgan fingerprint density at radius 1 is 0.387 bits per heavy atom. The summed E-state index contributed by atoms with van der Waals surface area (Å²) in [4.78, 5) is 4.92. The van der Waals surface area contributed by atoms with Gasteiger partial charge >= 0.3 is 0 Å². The van der Waals surface area contributed by atoms with Gasteiger partial charge in [0, 0.05) is 55.9 Å². The molecule has 0 saturated carbocycles. The predicted octanol–water partition coefficient (Wildman–Crippen LogP) is 15.6. The van der Waals surface area contributed by atoms with Gasteiger partial charge in [0.1, 0.15) is 0 Å². The van der Waals surface area contributed by atoms with Crippen LogP contribution in [-0.4, -0.2) is 4.57 Å². The van der Waals surface area contributed by atoms with E-state index in [0.717, 1.165) is 54.1 Å². The maximum atomic E-state index is 2.55. The Kier molecular flexibility index (Phi) is 8.67. The zero-order valence-electron chi connectivity index (χ0n) is 34.5. The Labute approximate surface area is 363 Å². The molecule has 0 saturated heterocycles. The van der Waals surface area contributed by atoms with Crippen LogP contribution in [0.4, 0.5) is 34.1 Å². The van der Waals surface area contributed by atoms with Crippen molar-refractivity contribution in [3.05, 3.63) is 247 Å². The highest BCUT2D eigenvalue weighted by Gasteiger charge is 2.45. The Morgan fingerprint density at radius 2 is 0.871 bits per heavy atom. The molecule has 0 bridgehead atoms. The van der Waals surface area contributed by atoms with Crippen LogP contribution in [0.2, 0.25) is 0 Å². The van der Waals surface area contributed by atoms with Crippen LogP contribution in [0.1, 0.15) is 35.1 Å². The largest absolute Gasteiger partial charge is 0.310 e. The zero-order chi connectivity index (χ0) is 41.0. The smallest absolute Gasteiger partial charge is 0.0548 e. The second-order valence-electron chi connectivity index (χ2n) is 16.9. The molecule has 1 atom stereocenters. The molecule has 296 valence electrons. The molecule has 0 radical (unpaired) electrons. The molecule has 1 spiro atoms. The molecule has 1 heterocycles. The van der Waals surface area contributed by atoms with Gasteiger partial charge < -0.3 is 14.4 Å². The van der Waals surface area contributed by atoms with Crippen molar-refractivity contribution in [2.45, 2.75) is 31.1 Å². The lowest BCUT2D eigenvalue weighted by Gasteiger charge is -2.32. The molecule has 62 heavy (non-hydrogen) atoms. The van der Waals surface area contributed by atoms with E-state index in [1.807, 2.05) is 0 Å². The third-order valence-corrected chi connectivity index (χ3v) is 13.6. The highest BCUT2D eigenvalue weighted by molar-refractivity contribution is 6.19. The summed E-state index contributed by atoms with van der Waals surface area (Å²) in [6.45, 7) is 0. The molecule has 12 rings (SSSR count). The van der Waals surface area contributed by atoms with Gasteiger partial charge in [-0.15, -0.1) is 0 Å². The maximum absolute atomic E-state index is 2.55. The molecule has 3 nitrogen and oxygen atoms in total. The number of fused-ring (bicyclic) bond motifs is 7. The highest BCUT2D eigenvalue weighted by atomic mass is 15.2. The Balaban J connectivity index is 1.06. The molecule has 10 aromatic rings. The summed E-state index contributed by atoms with van der Waals surface area (Å²) in [5.41, 5.74) is 18.8. The molecule has 1 aromatic heterocycles. The van der Waals surface area contributed by atoms with Crippen molar-refractivity contribution in [1.29, 1.82) is 0 Å². The standard InChI is InChI=1S/C59H45N3/c1-6-18-44(19-7-1)57-55(34-35-56-58(57)51-28-16-17-29-54(51)62(56)48-26-14-5-15-27-48)61(47-24-12-4-13-25-47)50-33-31-43-37-39-59(53(43)41-50)38-36-42-30-32-49(40-52(42)59)60(45-20-8-2-9-21-45)46-22-10-3-11-23-46/h1-35,40-41H,36-39H2/t59-/m1/s1. The number of para-hydroxylation sites is 5. The van der Waals surface area contributed by atoms with Crippen molar-refractivity contribution in [2.24, 2.45) is 0 Å². The average molecular weight is 796 g/mol. The van der Waals surface area contributed by atoms with Crippen LogP contribution in [0.15, 0.2) is 224 Å². The fourth-order valence-electron chi connectivity index (χ4n) is 10.8. The van der Waals surface area contributed by atoms with Crippen molar-refractivity contribution in [2.75, 3.05) is 9.80 Å². The zero-order valence-corrected chi connectivity index (χ0v) is 34.5. The van der Waals surface area contributed by atoms with E-state index in [0.29, 0.717) is 0 Å². The summed E-state index contributed by atoms with van der Waals surface area (Å²) in [5, 5.41) is 2.50. The normalized spacial score (nSPS) is 15.2. The SMILES string of the molecule is c1ccc(-c2c(N(c3ccccc3)c3ccc4c(c3)[C@]3(CCc5ccc(N(c6ccccc6)c6ccccc6)cc53)CC4)ccc3c2c2ccccc2n3-c2ccccc2)cc1. The molecule has 9 aromatic carbocycles. The molecule has 3 heteroatoms. The molecule has 0 N–H and O–H groups in total. The summed E-state index contributed by atoms with van der Waals surface area (Å²) in [6, 6.07) is 82.5. The minimum atomic E-state index is -0.0621. The van der Waals surface area contributed by atoms with Crippen LogP contribution in [0.5, 0.6) is 0 Å². The van der Waals surface area contributed by atoms with Crippen molar-refractivity contribution in [3.63, 3.8) is 0 Å². The first-order valence-electron chi connectivity index (χ1n) is 21.9. The summed E-state index contributed by atoms with van der Waals surface area (Å²) < 4.78 is 2.43. The van der Waals surface area contributed by atoms with Gasteiger partial charge in [0.25, 0.3) is 0 Å². The monoisotopic (exact) mass is 795 g/mol. The lowest BCUT2D eigenvalue weighted by atomic mass is 9.76. The van der Waals surface area contributed by atoms with Crippen LogP contribution in [-0.2, 0) is 18.3 Å². The van der Waals surface area contributed by atoms with Gasteiger partial charge in [0.15, 0.2) is 0 Å². The van der Waals surface area contributed by atoms with Crippen LogP contribution >= 0.6 is 0 Å². The lowest BCUT2D eigenvalue weighted by Crippen LogP contribution is -2.22. The first kappa shape index (κ1) is 36.2. The van der Waals surface area contributed by atoms with E-state index < -0.39 is 0 Å². The van der Waals surface area contributed by atoms with Crippen molar-refractivity contribution in [1.82, 2.24) is 4.57 Å². The van der Waals surface area contributed by atoms with Gasteiger partial charge in [-0.1, -0.05) is 133 Å². The summed E-state index contributed by atoms with van der Waals surface area (Å²) >= 11 is 0. The van der Waals surface area contributed by atoms with Gasteiger partial charge in [-0.05, 0) is 144 Å². The lowest BCUT2D eigenvalue weighted by molar-refractivity contribution is 0.507. The second-order valence-corrected chi connectivity index (χ2v) is 16.9. The third kappa shape index (κ3) is 5.80. The second kappa shape index (κ2) is 14.8. The molecule has 0 aliphatic heterocycles. The van der Waals surface area contributed by atoms with Crippen molar-refractivity contribution < 1.29 is 0 Å². The van der Waals surface area contributed by atoms with Crippen LogP contribution in [0.25, 0.3) is 38.6 Å².